The van der Waals surface area contributed by atoms with E-state index in [1.807, 2.05) is 30.3 Å². The number of nitrogens with zero attached hydrogens (tertiary/aromatic N) is 3. The first-order valence-corrected chi connectivity index (χ1v) is 11.4. The number of Topliss-reactive ketones (excluding diaryl/α,β-unsaturated/α-hetero) is 1. The third-order valence-corrected chi connectivity index (χ3v) is 6.86. The van der Waals surface area contributed by atoms with Crippen molar-refractivity contribution in [1.82, 2.24) is 9.88 Å². The number of fused-ring (bicyclic) bond motifs is 1. The van der Waals surface area contributed by atoms with Crippen molar-refractivity contribution in [3.05, 3.63) is 90.3 Å². The van der Waals surface area contributed by atoms with Crippen LogP contribution in [0.2, 0.25) is 0 Å². The number of amides is 1. The molecule has 2 atom stereocenters. The van der Waals surface area contributed by atoms with Gasteiger partial charge in [-0.2, -0.15) is 8.42 Å². The van der Waals surface area contributed by atoms with Gasteiger partial charge in [-0.1, -0.05) is 48.5 Å². The monoisotopic (exact) mass is 446 g/mol. The van der Waals surface area contributed by atoms with Gasteiger partial charge in [0.2, 0.25) is 5.91 Å². The van der Waals surface area contributed by atoms with Gasteiger partial charge in [0.25, 0.3) is 10.0 Å². The van der Waals surface area contributed by atoms with Crippen LogP contribution in [0, 0.1) is 5.92 Å². The van der Waals surface area contributed by atoms with E-state index in [2.05, 4.69) is 14.7 Å². The number of pyridine rings is 1. The van der Waals surface area contributed by atoms with Crippen LogP contribution in [0.1, 0.15) is 17.2 Å². The van der Waals surface area contributed by atoms with Gasteiger partial charge in [-0.25, -0.2) is 0 Å². The highest BCUT2D eigenvalue weighted by Crippen LogP contribution is 2.37. The number of hydrogen-bond donors (Lipinski definition) is 1. The Morgan fingerprint density at radius 2 is 1.69 bits per heavy atom. The first-order valence-electron chi connectivity index (χ1n) is 9.95. The number of carbonyl (C=O) groups is 2. The molecule has 9 heteroatoms. The number of carbonyl (C=O) groups excluding carboxylic acids is 2. The van der Waals surface area contributed by atoms with Crippen LogP contribution in [0.25, 0.3) is 0 Å². The van der Waals surface area contributed by atoms with E-state index in [9.17, 15) is 18.0 Å². The molecule has 0 bridgehead atoms. The summed E-state index contributed by atoms with van der Waals surface area (Å²) in [7, 11) is -4.04. The molecule has 5 rings (SSSR count). The highest BCUT2D eigenvalue weighted by Gasteiger charge is 2.51. The fourth-order valence-corrected chi connectivity index (χ4v) is 5.22. The van der Waals surface area contributed by atoms with E-state index in [0.29, 0.717) is 5.56 Å². The zero-order valence-electron chi connectivity index (χ0n) is 16.8. The zero-order valence-corrected chi connectivity index (χ0v) is 17.6. The number of nitrogens with one attached hydrogen (secondary N) is 1. The number of anilines is 1. The molecule has 1 saturated heterocycles. The van der Waals surface area contributed by atoms with Crippen LogP contribution in [0.3, 0.4) is 0 Å². The Hall–Kier alpha value is -3.85. The van der Waals surface area contributed by atoms with Gasteiger partial charge >= 0.3 is 0 Å². The Labute approximate surface area is 184 Å². The normalized spacial score (nSPS) is 21.6. The van der Waals surface area contributed by atoms with Crippen LogP contribution in [-0.4, -0.2) is 35.8 Å². The molecule has 2 aromatic carbocycles. The lowest BCUT2D eigenvalue weighted by Gasteiger charge is -2.24. The molecule has 0 saturated carbocycles. The molecular weight excluding hydrogens is 428 g/mol. The van der Waals surface area contributed by atoms with Gasteiger partial charge in [0.05, 0.1) is 5.69 Å². The van der Waals surface area contributed by atoms with Gasteiger partial charge in [-0.3, -0.25) is 14.6 Å². The van der Waals surface area contributed by atoms with E-state index in [0.717, 1.165) is 5.56 Å². The van der Waals surface area contributed by atoms with Crippen LogP contribution < -0.4 is 5.32 Å². The summed E-state index contributed by atoms with van der Waals surface area (Å²) in [6.07, 6.45) is 3.12. The number of amidine groups is 1. The molecule has 1 aromatic heterocycles. The molecule has 1 fully saturated rings. The summed E-state index contributed by atoms with van der Waals surface area (Å²) < 4.78 is 29.2. The third kappa shape index (κ3) is 3.36. The summed E-state index contributed by atoms with van der Waals surface area (Å²) in [6.45, 7) is 0.193. The SMILES string of the molecule is O=C1C(C2=NS(=O)(=O)c3ccccc3N2)C(=O)N(Cc2ccccc2)C1c1cccnc1. The number of likely N-dealkylation sites (tertiary alicyclic amines) is 1. The van der Waals surface area contributed by atoms with Gasteiger partial charge in [-0.15, -0.1) is 4.40 Å². The standard InChI is InChI=1S/C23H18N4O4S/c28-21-19(22-25-17-10-4-5-11-18(17)32(30,31)26-22)23(29)27(14-15-7-2-1-3-8-15)20(21)16-9-6-12-24-13-16/h1-13,19-20H,14H2,(H,25,26). The molecule has 160 valence electrons. The maximum absolute atomic E-state index is 13.5. The van der Waals surface area contributed by atoms with Crippen molar-refractivity contribution < 1.29 is 18.0 Å². The third-order valence-electron chi connectivity index (χ3n) is 5.51. The summed E-state index contributed by atoms with van der Waals surface area (Å²) in [4.78, 5) is 32.6. The van der Waals surface area contributed by atoms with Gasteiger partial charge in [-0.05, 0) is 23.8 Å². The Balaban J connectivity index is 1.58. The van der Waals surface area contributed by atoms with Crippen LogP contribution in [-0.2, 0) is 26.2 Å². The van der Waals surface area contributed by atoms with Crippen LogP contribution >= 0.6 is 0 Å². The minimum Gasteiger partial charge on any atom is -0.341 e. The maximum Gasteiger partial charge on any atom is 0.286 e. The Morgan fingerprint density at radius 3 is 2.44 bits per heavy atom. The zero-order chi connectivity index (χ0) is 22.3. The molecule has 2 unspecified atom stereocenters. The molecular formula is C23H18N4O4S. The molecule has 8 nitrogen and oxygen atoms in total. The molecule has 0 aliphatic carbocycles. The number of rotatable bonds is 4. The number of hydrogen-bond acceptors (Lipinski definition) is 6. The molecule has 2 aliphatic rings. The lowest BCUT2D eigenvalue weighted by atomic mass is 9.97. The molecule has 3 heterocycles. The average molecular weight is 446 g/mol. The first kappa shape index (κ1) is 20.1. The minimum absolute atomic E-state index is 0.00611. The van der Waals surface area contributed by atoms with Crippen molar-refractivity contribution >= 4 is 33.2 Å². The lowest BCUT2D eigenvalue weighted by molar-refractivity contribution is -0.131. The van der Waals surface area contributed by atoms with E-state index in [4.69, 9.17) is 0 Å². The van der Waals surface area contributed by atoms with E-state index < -0.39 is 33.7 Å². The Morgan fingerprint density at radius 1 is 0.938 bits per heavy atom. The molecule has 32 heavy (non-hydrogen) atoms. The van der Waals surface area contributed by atoms with Gasteiger partial charge in [0.15, 0.2) is 11.7 Å². The highest BCUT2D eigenvalue weighted by atomic mass is 32.2. The molecule has 0 radical (unpaired) electrons. The van der Waals surface area contributed by atoms with Crippen molar-refractivity contribution in [2.75, 3.05) is 5.32 Å². The van der Waals surface area contributed by atoms with E-state index in [1.54, 1.807) is 42.7 Å². The average Bonchev–Trinajstić information content (AvgIpc) is 3.04. The molecule has 1 N–H and O–H groups in total. The number of ketones is 1. The number of sulfonamides is 1. The highest BCUT2D eigenvalue weighted by molar-refractivity contribution is 7.90. The summed E-state index contributed by atoms with van der Waals surface area (Å²) in [5.74, 6) is -2.48. The van der Waals surface area contributed by atoms with Crippen LogP contribution in [0.4, 0.5) is 5.69 Å². The lowest BCUT2D eigenvalue weighted by Crippen LogP contribution is -2.37. The predicted octanol–water partition coefficient (Wildman–Crippen LogP) is 2.56. The number of para-hydroxylation sites is 1. The number of aromatic nitrogens is 1. The summed E-state index contributed by atoms with van der Waals surface area (Å²) in [5, 5.41) is 2.90. The maximum atomic E-state index is 13.5. The molecule has 3 aromatic rings. The fourth-order valence-electron chi connectivity index (χ4n) is 4.07. The largest absolute Gasteiger partial charge is 0.341 e. The predicted molar refractivity (Wildman–Crippen MR) is 117 cm³/mol. The Kier molecular flexibility index (Phi) is 4.82. The fraction of sp³-hybridized carbons (Fsp3) is 0.130. The first-order chi connectivity index (χ1) is 15.5. The van der Waals surface area contributed by atoms with E-state index >= 15 is 0 Å². The summed E-state index contributed by atoms with van der Waals surface area (Å²) >= 11 is 0. The van der Waals surface area contributed by atoms with Crippen molar-refractivity contribution in [1.29, 1.82) is 0 Å². The quantitative estimate of drug-likeness (QED) is 0.617. The van der Waals surface area contributed by atoms with Crippen molar-refractivity contribution in [2.24, 2.45) is 10.3 Å². The van der Waals surface area contributed by atoms with E-state index in [-0.39, 0.29) is 23.0 Å². The second-order valence-electron chi connectivity index (χ2n) is 7.55. The molecule has 0 spiro atoms. The Bertz CT molecular complexity index is 1340. The van der Waals surface area contributed by atoms with Crippen molar-refractivity contribution in [3.8, 4) is 0 Å². The van der Waals surface area contributed by atoms with Crippen molar-refractivity contribution in [2.45, 2.75) is 17.5 Å². The van der Waals surface area contributed by atoms with Gasteiger partial charge in [0.1, 0.15) is 16.8 Å². The molecule has 2 aliphatic heterocycles. The number of benzene rings is 2. The van der Waals surface area contributed by atoms with Crippen LogP contribution in [0.15, 0.2) is 88.4 Å². The second-order valence-corrected chi connectivity index (χ2v) is 9.12. The van der Waals surface area contributed by atoms with Crippen molar-refractivity contribution in [3.63, 3.8) is 0 Å². The minimum atomic E-state index is -4.04. The topological polar surface area (TPSA) is 109 Å². The summed E-state index contributed by atoms with van der Waals surface area (Å²) in [6, 6.07) is 18.1. The second kappa shape index (κ2) is 7.69. The van der Waals surface area contributed by atoms with Gasteiger partial charge in [0, 0.05) is 24.5 Å². The van der Waals surface area contributed by atoms with Gasteiger partial charge < -0.3 is 10.2 Å². The smallest absolute Gasteiger partial charge is 0.286 e. The van der Waals surface area contributed by atoms with Crippen LogP contribution in [0.5, 0.6) is 0 Å². The molecule has 1 amide bonds. The van der Waals surface area contributed by atoms with E-state index in [1.165, 1.54) is 11.0 Å². The summed E-state index contributed by atoms with van der Waals surface area (Å²) in [5.41, 5.74) is 1.70.